The van der Waals surface area contributed by atoms with Gasteiger partial charge in [0.15, 0.2) is 0 Å². The third kappa shape index (κ3) is 2.04. The van der Waals surface area contributed by atoms with E-state index in [2.05, 4.69) is 10.3 Å². The summed E-state index contributed by atoms with van der Waals surface area (Å²) in [5.41, 5.74) is 1.71. The largest absolute Gasteiger partial charge is 0.506 e. The van der Waals surface area contributed by atoms with Gasteiger partial charge in [-0.1, -0.05) is 6.42 Å². The fraction of sp³-hybridized carbons (Fsp3) is 0.545. The lowest BCUT2D eigenvalue weighted by molar-refractivity contribution is 0.334. The molecule has 0 aliphatic heterocycles. The first-order valence-electron chi connectivity index (χ1n) is 5.14. The first-order chi connectivity index (χ1) is 6.75. The van der Waals surface area contributed by atoms with Crippen molar-refractivity contribution in [3.05, 3.63) is 23.5 Å². The van der Waals surface area contributed by atoms with Crippen LogP contribution in [0.3, 0.4) is 0 Å². The number of pyridine rings is 1. The predicted molar refractivity (Wildman–Crippen MR) is 55.1 cm³/mol. The van der Waals surface area contributed by atoms with Gasteiger partial charge in [0, 0.05) is 18.3 Å². The number of rotatable bonds is 3. The highest BCUT2D eigenvalue weighted by molar-refractivity contribution is 5.27. The van der Waals surface area contributed by atoms with Crippen LogP contribution in [-0.4, -0.2) is 16.1 Å². The topological polar surface area (TPSA) is 45.1 Å². The molecular formula is C11H16N2O. The van der Waals surface area contributed by atoms with Gasteiger partial charge in [-0.3, -0.25) is 4.98 Å². The molecule has 1 aliphatic rings. The standard InChI is InChI=1S/C11H16N2O/c1-8-5-6-11(14)10(13-8)7-12-9-3-2-4-9/h5-6,9,12,14H,2-4,7H2,1H3. The average Bonchev–Trinajstić information content (AvgIpc) is 2.08. The predicted octanol–water partition coefficient (Wildman–Crippen LogP) is 1.74. The molecule has 76 valence electrons. The van der Waals surface area contributed by atoms with Crippen molar-refractivity contribution < 1.29 is 5.11 Å². The third-order valence-corrected chi connectivity index (χ3v) is 2.75. The number of aromatic nitrogens is 1. The van der Waals surface area contributed by atoms with E-state index in [1.165, 1.54) is 19.3 Å². The molecule has 1 aliphatic carbocycles. The van der Waals surface area contributed by atoms with Crippen LogP contribution in [0.15, 0.2) is 12.1 Å². The van der Waals surface area contributed by atoms with Gasteiger partial charge in [0.25, 0.3) is 0 Å². The van der Waals surface area contributed by atoms with E-state index in [-0.39, 0.29) is 0 Å². The molecule has 0 spiro atoms. The van der Waals surface area contributed by atoms with E-state index < -0.39 is 0 Å². The van der Waals surface area contributed by atoms with Crippen molar-refractivity contribution in [3.63, 3.8) is 0 Å². The van der Waals surface area contributed by atoms with E-state index in [0.29, 0.717) is 18.3 Å². The third-order valence-electron chi connectivity index (χ3n) is 2.75. The van der Waals surface area contributed by atoms with Gasteiger partial charge >= 0.3 is 0 Å². The first kappa shape index (κ1) is 9.46. The molecule has 1 fully saturated rings. The highest BCUT2D eigenvalue weighted by Gasteiger charge is 2.16. The van der Waals surface area contributed by atoms with Crippen molar-refractivity contribution in [2.45, 2.75) is 38.8 Å². The Kier molecular flexibility index (Phi) is 2.68. The van der Waals surface area contributed by atoms with Crippen LogP contribution in [0.5, 0.6) is 5.75 Å². The summed E-state index contributed by atoms with van der Waals surface area (Å²) in [4.78, 5) is 4.29. The van der Waals surface area contributed by atoms with Gasteiger partial charge in [-0.05, 0) is 31.9 Å². The van der Waals surface area contributed by atoms with Gasteiger partial charge in [-0.25, -0.2) is 0 Å². The van der Waals surface area contributed by atoms with Crippen LogP contribution in [0.4, 0.5) is 0 Å². The molecule has 0 atom stereocenters. The van der Waals surface area contributed by atoms with E-state index >= 15 is 0 Å². The minimum absolute atomic E-state index is 0.294. The van der Waals surface area contributed by atoms with Gasteiger partial charge in [-0.15, -0.1) is 0 Å². The SMILES string of the molecule is Cc1ccc(O)c(CNC2CCC2)n1. The maximum Gasteiger partial charge on any atom is 0.138 e. The zero-order chi connectivity index (χ0) is 9.97. The highest BCUT2D eigenvalue weighted by Crippen LogP contribution is 2.20. The van der Waals surface area contributed by atoms with Gasteiger partial charge in [0.2, 0.25) is 0 Å². The maximum atomic E-state index is 9.54. The Morgan fingerprint density at radius 3 is 2.93 bits per heavy atom. The molecule has 2 rings (SSSR count). The summed E-state index contributed by atoms with van der Waals surface area (Å²) in [5.74, 6) is 0.294. The van der Waals surface area contributed by atoms with E-state index in [0.717, 1.165) is 11.4 Å². The van der Waals surface area contributed by atoms with Crippen molar-refractivity contribution in [1.82, 2.24) is 10.3 Å². The van der Waals surface area contributed by atoms with Crippen LogP contribution in [0, 0.1) is 6.92 Å². The lowest BCUT2D eigenvalue weighted by atomic mass is 9.93. The van der Waals surface area contributed by atoms with Gasteiger partial charge < -0.3 is 10.4 Å². The van der Waals surface area contributed by atoms with Crippen molar-refractivity contribution in [3.8, 4) is 5.75 Å². The molecule has 0 amide bonds. The minimum atomic E-state index is 0.294. The number of hydrogen-bond donors (Lipinski definition) is 2. The molecule has 0 radical (unpaired) electrons. The second-order valence-electron chi connectivity index (χ2n) is 3.93. The number of nitrogens with one attached hydrogen (secondary N) is 1. The van der Waals surface area contributed by atoms with Crippen LogP contribution < -0.4 is 5.32 Å². The van der Waals surface area contributed by atoms with Crippen molar-refractivity contribution >= 4 is 0 Å². The summed E-state index contributed by atoms with van der Waals surface area (Å²) in [6.07, 6.45) is 3.84. The zero-order valence-electron chi connectivity index (χ0n) is 8.45. The molecule has 1 saturated carbocycles. The second kappa shape index (κ2) is 3.96. The summed E-state index contributed by atoms with van der Waals surface area (Å²) in [5, 5.41) is 12.9. The summed E-state index contributed by atoms with van der Waals surface area (Å²) in [6, 6.07) is 4.17. The number of nitrogens with zero attached hydrogens (tertiary/aromatic N) is 1. The van der Waals surface area contributed by atoms with Crippen molar-refractivity contribution in [2.75, 3.05) is 0 Å². The Bertz CT molecular complexity index is 321. The summed E-state index contributed by atoms with van der Waals surface area (Å²) in [6.45, 7) is 2.62. The molecule has 1 aromatic heterocycles. The molecule has 1 heterocycles. The van der Waals surface area contributed by atoms with Crippen LogP contribution in [0.1, 0.15) is 30.7 Å². The summed E-state index contributed by atoms with van der Waals surface area (Å²) < 4.78 is 0. The molecule has 0 aromatic carbocycles. The Morgan fingerprint density at radius 2 is 2.29 bits per heavy atom. The molecule has 1 aromatic rings. The Balaban J connectivity index is 1.96. The Hall–Kier alpha value is -1.09. The number of aromatic hydroxyl groups is 1. The van der Waals surface area contributed by atoms with Crippen LogP contribution in [-0.2, 0) is 6.54 Å². The van der Waals surface area contributed by atoms with Gasteiger partial charge in [0.1, 0.15) is 5.75 Å². The number of hydrogen-bond acceptors (Lipinski definition) is 3. The zero-order valence-corrected chi connectivity index (χ0v) is 8.45. The minimum Gasteiger partial charge on any atom is -0.506 e. The van der Waals surface area contributed by atoms with Crippen molar-refractivity contribution in [2.24, 2.45) is 0 Å². The van der Waals surface area contributed by atoms with Gasteiger partial charge in [-0.2, -0.15) is 0 Å². The fourth-order valence-corrected chi connectivity index (χ4v) is 1.59. The normalized spacial score (nSPS) is 16.6. The molecular weight excluding hydrogens is 176 g/mol. The Morgan fingerprint density at radius 1 is 1.50 bits per heavy atom. The highest BCUT2D eigenvalue weighted by atomic mass is 16.3. The molecule has 3 nitrogen and oxygen atoms in total. The van der Waals surface area contributed by atoms with Crippen LogP contribution >= 0.6 is 0 Å². The molecule has 0 saturated heterocycles. The Labute approximate surface area is 84.2 Å². The quantitative estimate of drug-likeness (QED) is 0.766. The molecule has 0 unspecified atom stereocenters. The summed E-state index contributed by atoms with van der Waals surface area (Å²) in [7, 11) is 0. The molecule has 3 heteroatoms. The van der Waals surface area contributed by atoms with Crippen molar-refractivity contribution in [1.29, 1.82) is 0 Å². The second-order valence-corrected chi connectivity index (χ2v) is 3.93. The summed E-state index contributed by atoms with van der Waals surface area (Å²) >= 11 is 0. The molecule has 14 heavy (non-hydrogen) atoms. The lowest BCUT2D eigenvalue weighted by Gasteiger charge is -2.26. The van der Waals surface area contributed by atoms with Crippen LogP contribution in [0.2, 0.25) is 0 Å². The number of aryl methyl sites for hydroxylation is 1. The average molecular weight is 192 g/mol. The first-order valence-corrected chi connectivity index (χ1v) is 5.14. The maximum absolute atomic E-state index is 9.54. The monoisotopic (exact) mass is 192 g/mol. The van der Waals surface area contributed by atoms with Gasteiger partial charge in [0.05, 0.1) is 5.69 Å². The lowest BCUT2D eigenvalue weighted by Crippen LogP contribution is -2.34. The fourth-order valence-electron chi connectivity index (χ4n) is 1.59. The van der Waals surface area contributed by atoms with E-state index in [1.54, 1.807) is 6.07 Å². The smallest absolute Gasteiger partial charge is 0.138 e. The van der Waals surface area contributed by atoms with Crippen LogP contribution in [0.25, 0.3) is 0 Å². The van der Waals surface area contributed by atoms with E-state index in [9.17, 15) is 5.11 Å². The molecule has 0 bridgehead atoms. The van der Waals surface area contributed by atoms with E-state index in [1.807, 2.05) is 13.0 Å². The van der Waals surface area contributed by atoms with E-state index in [4.69, 9.17) is 0 Å². The molecule has 2 N–H and O–H groups in total.